The molecule has 16 heavy (non-hydrogen) atoms. The van der Waals surface area contributed by atoms with Gasteiger partial charge in [0.15, 0.2) is 0 Å². The molecule has 1 aliphatic rings. The van der Waals surface area contributed by atoms with Crippen molar-refractivity contribution in [3.05, 3.63) is 0 Å². The van der Waals surface area contributed by atoms with E-state index in [9.17, 15) is 4.79 Å². The molecule has 2 N–H and O–H groups in total. The molecule has 1 saturated heterocycles. The van der Waals surface area contributed by atoms with Gasteiger partial charge in [-0.1, -0.05) is 6.92 Å². The number of carbonyl (C=O) groups is 1. The van der Waals surface area contributed by atoms with Gasteiger partial charge in [-0.3, -0.25) is 14.6 Å². The molecule has 0 saturated carbocycles. The second kappa shape index (κ2) is 6.18. The van der Waals surface area contributed by atoms with Gasteiger partial charge in [0, 0.05) is 32.2 Å². The number of aliphatic hydroxyl groups excluding tert-OH is 1. The Morgan fingerprint density at radius 1 is 1.50 bits per heavy atom. The Kier molecular flexibility index (Phi) is 5.18. The van der Waals surface area contributed by atoms with Crippen LogP contribution in [-0.4, -0.2) is 70.9 Å². The van der Waals surface area contributed by atoms with Crippen LogP contribution in [-0.2, 0) is 4.79 Å². The van der Waals surface area contributed by atoms with Crippen LogP contribution in [0.15, 0.2) is 0 Å². The first-order chi connectivity index (χ1) is 7.60. The topological polar surface area (TPSA) is 64.0 Å². The number of carboxylic acid groups (broad SMARTS) is 1. The number of aliphatic carboxylic acids is 1. The summed E-state index contributed by atoms with van der Waals surface area (Å²) in [5.41, 5.74) is 0. The number of piperazine rings is 1. The van der Waals surface area contributed by atoms with E-state index in [1.807, 2.05) is 4.90 Å². The van der Waals surface area contributed by atoms with Crippen molar-refractivity contribution in [2.75, 3.05) is 32.8 Å². The van der Waals surface area contributed by atoms with Crippen molar-refractivity contribution < 1.29 is 15.0 Å². The molecule has 0 amide bonds. The largest absolute Gasteiger partial charge is 0.480 e. The van der Waals surface area contributed by atoms with E-state index in [1.165, 1.54) is 0 Å². The van der Waals surface area contributed by atoms with Crippen molar-refractivity contribution in [2.45, 2.75) is 32.4 Å². The normalized spacial score (nSPS) is 25.6. The maximum absolute atomic E-state index is 11.1. The highest BCUT2D eigenvalue weighted by Crippen LogP contribution is 2.14. The van der Waals surface area contributed by atoms with Crippen LogP contribution in [0.25, 0.3) is 0 Å². The second-order valence-corrected chi connectivity index (χ2v) is 4.37. The third-order valence-corrected chi connectivity index (χ3v) is 3.41. The van der Waals surface area contributed by atoms with Crippen molar-refractivity contribution in [2.24, 2.45) is 0 Å². The standard InChI is InChI=1S/C11H22N2O3/c1-3-9(2)13-5-4-12(6-7-14)10(8-13)11(15)16/h9-10,14H,3-8H2,1-2H3,(H,15,16). The zero-order valence-electron chi connectivity index (χ0n) is 10.1. The van der Waals surface area contributed by atoms with Crippen LogP contribution < -0.4 is 0 Å². The van der Waals surface area contributed by atoms with Crippen LogP contribution in [0, 0.1) is 0 Å². The lowest BCUT2D eigenvalue weighted by Crippen LogP contribution is -2.58. The van der Waals surface area contributed by atoms with E-state index in [0.29, 0.717) is 19.1 Å². The summed E-state index contributed by atoms with van der Waals surface area (Å²) in [5.74, 6) is -0.790. The fourth-order valence-corrected chi connectivity index (χ4v) is 2.13. The number of rotatable bonds is 5. The quantitative estimate of drug-likeness (QED) is 0.687. The lowest BCUT2D eigenvalue weighted by Gasteiger charge is -2.41. The molecule has 0 aromatic heterocycles. The molecule has 0 aromatic rings. The van der Waals surface area contributed by atoms with Gasteiger partial charge in [0.1, 0.15) is 6.04 Å². The maximum Gasteiger partial charge on any atom is 0.322 e. The molecule has 0 radical (unpaired) electrons. The molecule has 1 aliphatic heterocycles. The minimum Gasteiger partial charge on any atom is -0.480 e. The van der Waals surface area contributed by atoms with Gasteiger partial charge in [0.05, 0.1) is 6.61 Å². The first kappa shape index (κ1) is 13.4. The maximum atomic E-state index is 11.1. The van der Waals surface area contributed by atoms with E-state index in [2.05, 4.69) is 18.7 Å². The number of nitrogens with zero attached hydrogens (tertiary/aromatic N) is 2. The van der Waals surface area contributed by atoms with E-state index >= 15 is 0 Å². The predicted octanol–water partition coefficient (Wildman–Crippen LogP) is -0.152. The van der Waals surface area contributed by atoms with Crippen molar-refractivity contribution in [3.8, 4) is 0 Å². The molecule has 0 aliphatic carbocycles. The molecule has 0 bridgehead atoms. The molecule has 2 atom stereocenters. The molecule has 1 heterocycles. The highest BCUT2D eigenvalue weighted by molar-refractivity contribution is 5.74. The summed E-state index contributed by atoms with van der Waals surface area (Å²) in [7, 11) is 0. The van der Waals surface area contributed by atoms with Crippen molar-refractivity contribution in [3.63, 3.8) is 0 Å². The minimum atomic E-state index is -0.790. The van der Waals surface area contributed by atoms with E-state index in [-0.39, 0.29) is 6.61 Å². The summed E-state index contributed by atoms with van der Waals surface area (Å²) < 4.78 is 0. The fraction of sp³-hybridized carbons (Fsp3) is 0.909. The number of carboxylic acids is 1. The zero-order valence-corrected chi connectivity index (χ0v) is 10.1. The number of hydrogen-bond acceptors (Lipinski definition) is 4. The number of aliphatic hydroxyl groups is 1. The molecule has 1 rings (SSSR count). The zero-order chi connectivity index (χ0) is 12.1. The minimum absolute atomic E-state index is 0.0209. The van der Waals surface area contributed by atoms with E-state index in [0.717, 1.165) is 19.5 Å². The van der Waals surface area contributed by atoms with Gasteiger partial charge in [-0.25, -0.2) is 0 Å². The van der Waals surface area contributed by atoms with Gasteiger partial charge in [-0.15, -0.1) is 0 Å². The smallest absolute Gasteiger partial charge is 0.322 e. The highest BCUT2D eigenvalue weighted by atomic mass is 16.4. The Morgan fingerprint density at radius 2 is 2.19 bits per heavy atom. The molecular weight excluding hydrogens is 208 g/mol. The van der Waals surface area contributed by atoms with Crippen LogP contribution in [0.2, 0.25) is 0 Å². The van der Waals surface area contributed by atoms with Crippen LogP contribution >= 0.6 is 0 Å². The summed E-state index contributed by atoms with van der Waals surface area (Å²) in [6.45, 7) is 6.88. The lowest BCUT2D eigenvalue weighted by molar-refractivity contribution is -0.146. The number of hydrogen-bond donors (Lipinski definition) is 2. The highest BCUT2D eigenvalue weighted by Gasteiger charge is 2.32. The van der Waals surface area contributed by atoms with Gasteiger partial charge < -0.3 is 10.2 Å². The fourth-order valence-electron chi connectivity index (χ4n) is 2.13. The van der Waals surface area contributed by atoms with Gasteiger partial charge in [0.25, 0.3) is 0 Å². The first-order valence-corrected chi connectivity index (χ1v) is 5.91. The SMILES string of the molecule is CCC(C)N1CCN(CCO)C(C(=O)O)C1. The Morgan fingerprint density at radius 3 is 2.69 bits per heavy atom. The summed E-state index contributed by atoms with van der Waals surface area (Å²) in [4.78, 5) is 15.2. The average Bonchev–Trinajstić information content (AvgIpc) is 2.28. The second-order valence-electron chi connectivity index (χ2n) is 4.37. The molecule has 2 unspecified atom stereocenters. The average molecular weight is 230 g/mol. The molecular formula is C11H22N2O3. The van der Waals surface area contributed by atoms with Gasteiger partial charge in [0.2, 0.25) is 0 Å². The Labute approximate surface area is 96.7 Å². The number of β-amino-alcohol motifs (C(OH)–C–C–N with tert-alkyl or cyclic N) is 1. The van der Waals surface area contributed by atoms with Crippen LogP contribution in [0.3, 0.4) is 0 Å². The van der Waals surface area contributed by atoms with Crippen molar-refractivity contribution >= 4 is 5.97 Å². The van der Waals surface area contributed by atoms with E-state index < -0.39 is 12.0 Å². The summed E-state index contributed by atoms with van der Waals surface area (Å²) in [6.07, 6.45) is 1.03. The Hall–Kier alpha value is -0.650. The van der Waals surface area contributed by atoms with Crippen molar-refractivity contribution in [1.82, 2.24) is 9.80 Å². The molecule has 0 spiro atoms. The van der Waals surface area contributed by atoms with Gasteiger partial charge in [-0.05, 0) is 13.3 Å². The van der Waals surface area contributed by atoms with Crippen LogP contribution in [0.4, 0.5) is 0 Å². The van der Waals surface area contributed by atoms with Crippen LogP contribution in [0.1, 0.15) is 20.3 Å². The predicted molar refractivity (Wildman–Crippen MR) is 61.4 cm³/mol. The molecule has 5 heteroatoms. The Bertz CT molecular complexity index is 235. The summed E-state index contributed by atoms with van der Waals surface area (Å²) in [5, 5.41) is 18.0. The van der Waals surface area contributed by atoms with Crippen LogP contribution in [0.5, 0.6) is 0 Å². The van der Waals surface area contributed by atoms with E-state index in [1.54, 1.807) is 0 Å². The first-order valence-electron chi connectivity index (χ1n) is 5.91. The third-order valence-electron chi connectivity index (χ3n) is 3.41. The molecule has 94 valence electrons. The van der Waals surface area contributed by atoms with Crippen molar-refractivity contribution in [1.29, 1.82) is 0 Å². The van der Waals surface area contributed by atoms with Gasteiger partial charge in [-0.2, -0.15) is 0 Å². The summed E-state index contributed by atoms with van der Waals surface area (Å²) >= 11 is 0. The van der Waals surface area contributed by atoms with E-state index in [4.69, 9.17) is 10.2 Å². The lowest BCUT2D eigenvalue weighted by atomic mass is 10.1. The third kappa shape index (κ3) is 3.17. The molecule has 0 aromatic carbocycles. The summed E-state index contributed by atoms with van der Waals surface area (Å²) in [6, 6.07) is -0.0481. The molecule has 1 fully saturated rings. The van der Waals surface area contributed by atoms with Gasteiger partial charge >= 0.3 is 5.97 Å². The monoisotopic (exact) mass is 230 g/mol. The molecule has 5 nitrogen and oxygen atoms in total. The Balaban J connectivity index is 2.61.